The summed E-state index contributed by atoms with van der Waals surface area (Å²) >= 11 is 0. The van der Waals surface area contributed by atoms with Crippen LogP contribution in [-0.2, 0) is 9.59 Å². The largest absolute Gasteiger partial charge is 1.00 e. The van der Waals surface area contributed by atoms with Crippen molar-refractivity contribution in [2.24, 2.45) is 0 Å². The van der Waals surface area contributed by atoms with Crippen molar-refractivity contribution < 1.29 is 78.9 Å². The summed E-state index contributed by atoms with van der Waals surface area (Å²) in [6.07, 6.45) is 20.6. The van der Waals surface area contributed by atoms with Crippen LogP contribution >= 0.6 is 0 Å². The molecule has 6 heteroatoms. The minimum atomic E-state index is -0.923. The molecule has 0 fully saturated rings. The predicted molar refractivity (Wildman–Crippen MR) is 97.7 cm³/mol. The fourth-order valence-corrected chi connectivity index (χ4v) is 3.19. The zero-order chi connectivity index (χ0) is 18.6. The normalized spacial score (nSPS) is 10.1. The van der Waals surface area contributed by atoms with Crippen molar-refractivity contribution in [2.45, 2.75) is 122 Å². The molecule has 0 N–H and O–H groups in total. The molecule has 0 aliphatic carbocycles. The molecular weight excluding hydrogens is 362 g/mol. The first-order chi connectivity index (χ1) is 12.1. The number of unbranched alkanes of at least 4 members (excludes halogenated alkanes) is 16. The number of carboxylic acid groups (broad SMARTS) is 2. The molecule has 0 spiro atoms. The van der Waals surface area contributed by atoms with Gasteiger partial charge < -0.3 is 19.8 Å². The number of rotatable bonds is 20. The van der Waals surface area contributed by atoms with E-state index in [0.29, 0.717) is 0 Å². The summed E-state index contributed by atoms with van der Waals surface area (Å²) in [6.45, 7) is 0. The molecule has 0 aromatic carbocycles. The third-order valence-electron chi connectivity index (χ3n) is 4.76. The van der Waals surface area contributed by atoms with E-state index in [1.54, 1.807) is 0 Å². The van der Waals surface area contributed by atoms with E-state index in [0.717, 1.165) is 38.5 Å². The van der Waals surface area contributed by atoms with Gasteiger partial charge in [0.05, 0.1) is 0 Å². The van der Waals surface area contributed by atoms with Crippen molar-refractivity contribution in [1.82, 2.24) is 0 Å². The Morgan fingerprint density at radius 1 is 0.370 bits per heavy atom. The smallest absolute Gasteiger partial charge is 0.550 e. The third kappa shape index (κ3) is 31.8. The summed E-state index contributed by atoms with van der Waals surface area (Å²) in [5.74, 6) is -1.85. The molecule has 0 amide bonds. The fourth-order valence-electron chi connectivity index (χ4n) is 3.19. The number of aliphatic carboxylic acids is 2. The molecule has 0 unspecified atom stereocenters. The monoisotopic (exact) mass is 400 g/mol. The Morgan fingerprint density at radius 2 is 0.519 bits per heavy atom. The Kier molecular flexibility index (Phi) is 32.5. The van der Waals surface area contributed by atoms with Crippen LogP contribution in [0.1, 0.15) is 122 Å². The van der Waals surface area contributed by atoms with Crippen LogP contribution in [-0.4, -0.2) is 11.9 Å². The van der Waals surface area contributed by atoms with E-state index < -0.39 is 11.9 Å². The van der Waals surface area contributed by atoms with Crippen LogP contribution in [0.25, 0.3) is 0 Å². The second-order valence-corrected chi connectivity index (χ2v) is 7.25. The number of carbonyl (C=O) groups excluding carboxylic acids is 2. The first kappa shape index (κ1) is 32.6. The topological polar surface area (TPSA) is 80.3 Å². The molecule has 0 bridgehead atoms. The Balaban J connectivity index is -0.00000288. The van der Waals surface area contributed by atoms with Crippen LogP contribution in [0.15, 0.2) is 0 Å². The zero-order valence-electron chi connectivity index (χ0n) is 18.1. The molecule has 0 radical (unpaired) electrons. The maximum Gasteiger partial charge on any atom is 1.00 e. The van der Waals surface area contributed by atoms with Crippen molar-refractivity contribution >= 4 is 11.9 Å². The van der Waals surface area contributed by atoms with E-state index in [4.69, 9.17) is 0 Å². The molecular formula is C21H38Na2O4. The first-order valence-electron chi connectivity index (χ1n) is 10.5. The van der Waals surface area contributed by atoms with E-state index in [2.05, 4.69) is 0 Å². The molecule has 0 saturated heterocycles. The summed E-state index contributed by atoms with van der Waals surface area (Å²) in [7, 11) is 0. The number of hydrogen-bond acceptors (Lipinski definition) is 4. The van der Waals surface area contributed by atoms with E-state index in [9.17, 15) is 19.8 Å². The van der Waals surface area contributed by atoms with Crippen molar-refractivity contribution in [3.05, 3.63) is 0 Å². The Bertz CT molecular complexity index is 295. The van der Waals surface area contributed by atoms with Crippen LogP contribution in [0, 0.1) is 0 Å². The van der Waals surface area contributed by atoms with Crippen LogP contribution < -0.4 is 69.3 Å². The van der Waals surface area contributed by atoms with Gasteiger partial charge in [-0.2, -0.15) is 0 Å². The quantitative estimate of drug-likeness (QED) is 0.173. The van der Waals surface area contributed by atoms with Crippen molar-refractivity contribution in [3.8, 4) is 0 Å². The molecule has 0 heterocycles. The second kappa shape index (κ2) is 26.9. The first-order valence-corrected chi connectivity index (χ1v) is 10.5. The van der Waals surface area contributed by atoms with Gasteiger partial charge in [0.25, 0.3) is 0 Å². The average Bonchev–Trinajstić information content (AvgIpc) is 2.56. The molecule has 0 aromatic rings. The number of carbonyl (C=O) groups is 2. The molecule has 148 valence electrons. The van der Waals surface area contributed by atoms with Gasteiger partial charge in [-0.1, -0.05) is 96.3 Å². The maximum absolute atomic E-state index is 10.3. The zero-order valence-corrected chi connectivity index (χ0v) is 22.1. The number of carboxylic acids is 2. The predicted octanol–water partition coefficient (Wildman–Crippen LogP) is -2.09. The van der Waals surface area contributed by atoms with Gasteiger partial charge in [-0.3, -0.25) is 0 Å². The van der Waals surface area contributed by atoms with Gasteiger partial charge in [0.15, 0.2) is 0 Å². The van der Waals surface area contributed by atoms with Crippen LogP contribution in [0.5, 0.6) is 0 Å². The SMILES string of the molecule is O=C([O-])CCCCCCCCCCCCCCCCCCCC(=O)[O-].[Na+].[Na+]. The number of hydrogen-bond donors (Lipinski definition) is 0. The van der Waals surface area contributed by atoms with Crippen molar-refractivity contribution in [3.63, 3.8) is 0 Å². The second-order valence-electron chi connectivity index (χ2n) is 7.25. The molecule has 4 nitrogen and oxygen atoms in total. The summed E-state index contributed by atoms with van der Waals surface area (Å²) in [4.78, 5) is 20.5. The van der Waals surface area contributed by atoms with Crippen molar-refractivity contribution in [1.29, 1.82) is 0 Å². The molecule has 0 rings (SSSR count). The minimum absolute atomic E-state index is 0. The van der Waals surface area contributed by atoms with Crippen LogP contribution in [0.4, 0.5) is 0 Å². The van der Waals surface area contributed by atoms with Crippen LogP contribution in [0.2, 0.25) is 0 Å². The van der Waals surface area contributed by atoms with Gasteiger partial charge in [-0.15, -0.1) is 0 Å². The summed E-state index contributed by atoms with van der Waals surface area (Å²) < 4.78 is 0. The standard InChI is InChI=1S/C21H40O4.2Na/c22-20(23)18-16-14-12-10-8-6-4-2-1-3-5-7-9-11-13-15-17-19-21(24)25;;/h1-19H2,(H,22,23)(H,24,25);;/q;2*+1/p-2. The Labute approximate surface area is 211 Å². The summed E-state index contributed by atoms with van der Waals surface area (Å²) in [6, 6.07) is 0. The van der Waals surface area contributed by atoms with Gasteiger partial charge in [0.2, 0.25) is 0 Å². The molecule has 0 aliphatic rings. The van der Waals surface area contributed by atoms with Gasteiger partial charge in [-0.05, 0) is 25.7 Å². The average molecular weight is 401 g/mol. The van der Waals surface area contributed by atoms with Crippen LogP contribution in [0.3, 0.4) is 0 Å². The Morgan fingerprint density at radius 3 is 0.667 bits per heavy atom. The van der Waals surface area contributed by atoms with Gasteiger partial charge in [0.1, 0.15) is 0 Å². The van der Waals surface area contributed by atoms with Crippen molar-refractivity contribution in [2.75, 3.05) is 0 Å². The van der Waals surface area contributed by atoms with E-state index in [1.807, 2.05) is 0 Å². The van der Waals surface area contributed by atoms with Gasteiger partial charge in [-0.25, -0.2) is 0 Å². The van der Waals surface area contributed by atoms with E-state index >= 15 is 0 Å². The molecule has 0 atom stereocenters. The molecule has 0 aliphatic heterocycles. The minimum Gasteiger partial charge on any atom is -0.550 e. The maximum atomic E-state index is 10.3. The van der Waals surface area contributed by atoms with E-state index in [1.165, 1.54) is 70.6 Å². The molecule has 0 aromatic heterocycles. The van der Waals surface area contributed by atoms with Gasteiger partial charge in [0, 0.05) is 11.9 Å². The van der Waals surface area contributed by atoms with Gasteiger partial charge >= 0.3 is 59.1 Å². The summed E-state index contributed by atoms with van der Waals surface area (Å²) in [5, 5.41) is 20.5. The molecule has 27 heavy (non-hydrogen) atoms. The third-order valence-corrected chi connectivity index (χ3v) is 4.76. The fraction of sp³-hybridized carbons (Fsp3) is 0.905. The molecule has 0 saturated carbocycles. The van der Waals surface area contributed by atoms with E-state index in [-0.39, 0.29) is 72.0 Å². The summed E-state index contributed by atoms with van der Waals surface area (Å²) in [5.41, 5.74) is 0. The Hall–Kier alpha value is 0.940.